The summed E-state index contributed by atoms with van der Waals surface area (Å²) in [5, 5.41) is 0. The summed E-state index contributed by atoms with van der Waals surface area (Å²) in [6.07, 6.45) is 3.57. The van der Waals surface area contributed by atoms with Gasteiger partial charge in [0.1, 0.15) is 5.82 Å². The van der Waals surface area contributed by atoms with Crippen LogP contribution in [0.25, 0.3) is 6.08 Å². The summed E-state index contributed by atoms with van der Waals surface area (Å²) in [7, 11) is 3.16. The Kier molecular flexibility index (Phi) is 5.82. The van der Waals surface area contributed by atoms with Crippen molar-refractivity contribution in [1.29, 1.82) is 0 Å². The number of aromatic nitrogens is 1. The van der Waals surface area contributed by atoms with Crippen LogP contribution in [0.5, 0.6) is 5.88 Å². The van der Waals surface area contributed by atoms with E-state index in [4.69, 9.17) is 4.74 Å². The summed E-state index contributed by atoms with van der Waals surface area (Å²) < 4.78 is 18.6. The Morgan fingerprint density at radius 1 is 1.12 bits per heavy atom. The molecule has 6 heteroatoms. The van der Waals surface area contributed by atoms with Gasteiger partial charge < -0.3 is 9.64 Å². The molecule has 0 unspecified atom stereocenters. The number of fused-ring (bicyclic) bond motifs is 1. The standard InChI is InChI=1S/C26H19FN2O3/c1-29-23-10-9-17(5-3-6-18-11-12-28-24(16-18)32-2)14-21(23)25(30)22(26(29)31)15-19-7-4-8-20(27)13-19/h4,7-16H,6H2,1-2H3/b22-15+. The minimum atomic E-state index is -0.437. The SMILES string of the molecule is COc1cc(CC#Cc2ccc3c(c2)C(=O)/C(=C\c2cccc(F)c2)C(=O)N3C)ccn1. The number of halogens is 1. The molecule has 0 saturated carbocycles. The van der Waals surface area contributed by atoms with Crippen molar-refractivity contribution in [2.75, 3.05) is 19.1 Å². The van der Waals surface area contributed by atoms with E-state index in [1.54, 1.807) is 44.6 Å². The van der Waals surface area contributed by atoms with Crippen LogP contribution in [-0.4, -0.2) is 30.8 Å². The summed E-state index contributed by atoms with van der Waals surface area (Å²) in [4.78, 5) is 31.3. The van der Waals surface area contributed by atoms with Crippen LogP contribution in [0.1, 0.15) is 27.0 Å². The van der Waals surface area contributed by atoms with Gasteiger partial charge in [0, 0.05) is 36.9 Å². The maximum absolute atomic E-state index is 13.5. The van der Waals surface area contributed by atoms with Crippen molar-refractivity contribution < 1.29 is 18.7 Å². The van der Waals surface area contributed by atoms with E-state index in [0.29, 0.717) is 34.7 Å². The molecule has 32 heavy (non-hydrogen) atoms. The smallest absolute Gasteiger partial charge is 0.262 e. The van der Waals surface area contributed by atoms with Crippen LogP contribution in [0.2, 0.25) is 0 Å². The highest BCUT2D eigenvalue weighted by Gasteiger charge is 2.32. The fourth-order valence-corrected chi connectivity index (χ4v) is 3.43. The zero-order chi connectivity index (χ0) is 22.7. The molecule has 1 aliphatic rings. The van der Waals surface area contributed by atoms with Crippen LogP contribution in [0.4, 0.5) is 10.1 Å². The number of benzene rings is 2. The first-order valence-corrected chi connectivity index (χ1v) is 9.88. The molecule has 0 radical (unpaired) electrons. The quantitative estimate of drug-likeness (QED) is 0.360. The van der Waals surface area contributed by atoms with Gasteiger partial charge >= 0.3 is 0 Å². The van der Waals surface area contributed by atoms with Gasteiger partial charge in [-0.05, 0) is 53.6 Å². The fraction of sp³-hybridized carbons (Fsp3) is 0.115. The second-order valence-electron chi connectivity index (χ2n) is 7.22. The summed E-state index contributed by atoms with van der Waals surface area (Å²) >= 11 is 0. The number of methoxy groups -OCH3 is 1. The van der Waals surface area contributed by atoms with Gasteiger partial charge in [-0.2, -0.15) is 0 Å². The minimum absolute atomic E-state index is 0.0143. The number of rotatable bonds is 3. The maximum atomic E-state index is 13.5. The third kappa shape index (κ3) is 4.28. The van der Waals surface area contributed by atoms with Gasteiger partial charge in [0.25, 0.3) is 5.91 Å². The van der Waals surface area contributed by atoms with Crippen LogP contribution in [0.3, 0.4) is 0 Å². The average Bonchev–Trinajstić information content (AvgIpc) is 2.80. The van der Waals surface area contributed by atoms with E-state index in [9.17, 15) is 14.0 Å². The molecule has 2 aromatic carbocycles. The predicted octanol–water partition coefficient (Wildman–Crippen LogP) is 4.07. The number of carbonyl (C=O) groups excluding carboxylic acids is 2. The lowest BCUT2D eigenvalue weighted by atomic mass is 9.92. The second-order valence-corrected chi connectivity index (χ2v) is 7.22. The van der Waals surface area contributed by atoms with Crippen molar-refractivity contribution in [3.8, 4) is 17.7 Å². The number of anilines is 1. The molecule has 4 rings (SSSR count). The van der Waals surface area contributed by atoms with Crippen molar-refractivity contribution in [2.45, 2.75) is 6.42 Å². The molecule has 158 valence electrons. The van der Waals surface area contributed by atoms with Crippen molar-refractivity contribution >= 4 is 23.5 Å². The fourth-order valence-electron chi connectivity index (χ4n) is 3.43. The molecule has 0 spiro atoms. The third-order valence-corrected chi connectivity index (χ3v) is 5.08. The monoisotopic (exact) mass is 426 g/mol. The number of ether oxygens (including phenoxy) is 1. The highest BCUT2D eigenvalue weighted by Crippen LogP contribution is 2.31. The van der Waals surface area contributed by atoms with Crippen LogP contribution in [-0.2, 0) is 11.2 Å². The largest absolute Gasteiger partial charge is 0.481 e. The molecule has 0 bridgehead atoms. The van der Waals surface area contributed by atoms with Crippen molar-refractivity contribution in [3.05, 3.63) is 94.4 Å². The van der Waals surface area contributed by atoms with Crippen LogP contribution in [0.15, 0.2) is 66.4 Å². The number of Topliss-reactive ketones (excluding diaryl/α,β-unsaturated/α-hetero) is 1. The van der Waals surface area contributed by atoms with Crippen molar-refractivity contribution in [1.82, 2.24) is 4.98 Å². The van der Waals surface area contributed by atoms with E-state index >= 15 is 0 Å². The highest BCUT2D eigenvalue weighted by atomic mass is 19.1. The molecule has 0 fully saturated rings. The van der Waals surface area contributed by atoms with E-state index in [-0.39, 0.29) is 5.57 Å². The lowest BCUT2D eigenvalue weighted by Crippen LogP contribution is -2.36. The number of hydrogen-bond acceptors (Lipinski definition) is 4. The van der Waals surface area contributed by atoms with Gasteiger partial charge in [0.15, 0.2) is 0 Å². The van der Waals surface area contributed by atoms with Crippen molar-refractivity contribution in [2.24, 2.45) is 0 Å². The number of amides is 1. The lowest BCUT2D eigenvalue weighted by molar-refractivity contribution is -0.114. The zero-order valence-electron chi connectivity index (χ0n) is 17.6. The molecule has 0 atom stereocenters. The average molecular weight is 426 g/mol. The maximum Gasteiger partial charge on any atom is 0.262 e. The lowest BCUT2D eigenvalue weighted by Gasteiger charge is -2.26. The number of ketones is 1. The van der Waals surface area contributed by atoms with E-state index in [2.05, 4.69) is 16.8 Å². The summed E-state index contributed by atoms with van der Waals surface area (Å²) in [6, 6.07) is 14.6. The van der Waals surface area contributed by atoms with Crippen LogP contribution in [0, 0.1) is 17.7 Å². The normalized spacial score (nSPS) is 14.1. The van der Waals surface area contributed by atoms with E-state index in [1.165, 1.54) is 29.2 Å². The molecular weight excluding hydrogens is 407 g/mol. The Hall–Kier alpha value is -4.24. The molecule has 1 aliphatic heterocycles. The van der Waals surface area contributed by atoms with Gasteiger partial charge in [-0.25, -0.2) is 9.37 Å². The molecular formula is C26H19FN2O3. The Morgan fingerprint density at radius 2 is 1.97 bits per heavy atom. The topological polar surface area (TPSA) is 59.5 Å². The number of hydrogen-bond donors (Lipinski definition) is 0. The van der Waals surface area contributed by atoms with E-state index in [1.807, 2.05) is 12.1 Å². The number of pyridine rings is 1. The Balaban J connectivity index is 1.64. The predicted molar refractivity (Wildman–Crippen MR) is 120 cm³/mol. The Morgan fingerprint density at radius 3 is 2.75 bits per heavy atom. The molecule has 0 N–H and O–H groups in total. The summed E-state index contributed by atoms with van der Waals surface area (Å²) in [5.41, 5.74) is 2.95. The highest BCUT2D eigenvalue weighted by molar-refractivity contribution is 6.36. The molecule has 0 saturated heterocycles. The second kappa shape index (κ2) is 8.86. The molecule has 0 aliphatic carbocycles. The number of likely N-dealkylation sites (N-methyl/N-ethyl adjacent to an activating group) is 1. The van der Waals surface area contributed by atoms with Gasteiger partial charge in [0.2, 0.25) is 11.7 Å². The zero-order valence-corrected chi connectivity index (χ0v) is 17.6. The van der Waals surface area contributed by atoms with E-state index in [0.717, 1.165) is 5.56 Å². The summed E-state index contributed by atoms with van der Waals surface area (Å²) in [6.45, 7) is 0. The first-order chi connectivity index (χ1) is 15.5. The van der Waals surface area contributed by atoms with Crippen LogP contribution >= 0.6 is 0 Å². The van der Waals surface area contributed by atoms with Crippen LogP contribution < -0.4 is 9.64 Å². The molecule has 3 aromatic rings. The van der Waals surface area contributed by atoms with Gasteiger partial charge in [-0.3, -0.25) is 9.59 Å². The summed E-state index contributed by atoms with van der Waals surface area (Å²) in [5.74, 6) is 5.39. The molecule has 2 heterocycles. The Labute approximate surface area is 185 Å². The number of carbonyl (C=O) groups is 2. The van der Waals surface area contributed by atoms with Crippen molar-refractivity contribution in [3.63, 3.8) is 0 Å². The first kappa shape index (κ1) is 21.0. The molecule has 5 nitrogen and oxygen atoms in total. The first-order valence-electron chi connectivity index (χ1n) is 9.88. The van der Waals surface area contributed by atoms with Gasteiger partial charge in [0.05, 0.1) is 18.4 Å². The minimum Gasteiger partial charge on any atom is -0.481 e. The molecule has 1 aromatic heterocycles. The van der Waals surface area contributed by atoms with E-state index < -0.39 is 17.5 Å². The van der Waals surface area contributed by atoms with Gasteiger partial charge in [-0.1, -0.05) is 24.0 Å². The molecule has 1 amide bonds. The Bertz CT molecular complexity index is 1320. The third-order valence-electron chi connectivity index (χ3n) is 5.08. The number of nitrogens with zero attached hydrogens (tertiary/aromatic N) is 2. The van der Waals surface area contributed by atoms with Gasteiger partial charge in [-0.15, -0.1) is 0 Å².